The van der Waals surface area contributed by atoms with Crippen LogP contribution in [0.4, 0.5) is 0 Å². The summed E-state index contributed by atoms with van der Waals surface area (Å²) in [7, 11) is 0. The highest BCUT2D eigenvalue weighted by Crippen LogP contribution is 2.28. The molecule has 20 heavy (non-hydrogen) atoms. The van der Waals surface area contributed by atoms with Crippen LogP contribution in [0.15, 0.2) is 51.9 Å². The molecule has 0 aliphatic rings. The topological polar surface area (TPSA) is 58.9 Å². The molecular weight excluding hydrogens is 272 g/mol. The van der Waals surface area contributed by atoms with Gasteiger partial charge in [0.15, 0.2) is 0 Å². The molecule has 0 bridgehead atoms. The molecule has 1 aromatic carbocycles. The fourth-order valence-corrected chi connectivity index (χ4v) is 2.83. The van der Waals surface area contributed by atoms with Crippen LogP contribution in [-0.2, 0) is 5.75 Å². The average molecular weight is 286 g/mol. The Bertz CT molecular complexity index is 765. The molecule has 0 fully saturated rings. The van der Waals surface area contributed by atoms with E-state index in [2.05, 4.69) is 9.97 Å². The zero-order chi connectivity index (χ0) is 13.9. The Balaban J connectivity index is 1.84. The number of hydrogen-bond acceptors (Lipinski definition) is 4. The van der Waals surface area contributed by atoms with Crippen LogP contribution in [0, 0.1) is 0 Å². The van der Waals surface area contributed by atoms with E-state index in [1.165, 1.54) is 0 Å². The number of nitrogens with one attached hydrogen (secondary N) is 1. The van der Waals surface area contributed by atoms with Crippen molar-refractivity contribution < 1.29 is 4.42 Å². The molecule has 1 atom stereocenters. The van der Waals surface area contributed by atoms with Crippen molar-refractivity contribution in [1.29, 1.82) is 0 Å². The quantitative estimate of drug-likeness (QED) is 0.797. The molecule has 0 spiro atoms. The van der Waals surface area contributed by atoms with Gasteiger partial charge in [0.05, 0.1) is 28.2 Å². The maximum Gasteiger partial charge on any atom is 0.258 e. The van der Waals surface area contributed by atoms with E-state index in [0.29, 0.717) is 11.2 Å². The van der Waals surface area contributed by atoms with Crippen LogP contribution in [-0.4, -0.2) is 9.97 Å². The number of rotatable bonds is 4. The molecule has 0 aliphatic carbocycles. The summed E-state index contributed by atoms with van der Waals surface area (Å²) in [6, 6.07) is 11.2. The molecule has 0 saturated heterocycles. The molecule has 0 unspecified atom stereocenters. The van der Waals surface area contributed by atoms with Crippen molar-refractivity contribution in [3.63, 3.8) is 0 Å². The third-order valence-corrected chi connectivity index (χ3v) is 4.25. The van der Waals surface area contributed by atoms with Gasteiger partial charge in [0.25, 0.3) is 5.56 Å². The average Bonchev–Trinajstić information content (AvgIpc) is 2.98. The predicted octanol–water partition coefficient (Wildman–Crippen LogP) is 3.51. The number of nitrogens with zero attached hydrogens (tertiary/aromatic N) is 1. The summed E-state index contributed by atoms with van der Waals surface area (Å²) in [5.41, 5.74) is 0.646. The second-order valence-electron chi connectivity index (χ2n) is 4.50. The lowest BCUT2D eigenvalue weighted by Gasteiger charge is -2.10. The zero-order valence-corrected chi connectivity index (χ0v) is 11.8. The number of H-pyrrole nitrogens is 1. The third kappa shape index (κ3) is 2.63. The van der Waals surface area contributed by atoms with Gasteiger partial charge >= 0.3 is 0 Å². The van der Waals surface area contributed by atoms with Crippen LogP contribution in [0.25, 0.3) is 10.9 Å². The minimum absolute atomic E-state index is 0.0870. The number of hydrogen-bond donors (Lipinski definition) is 1. The fraction of sp³-hybridized carbons (Fsp3) is 0.200. The second-order valence-corrected chi connectivity index (χ2v) is 5.83. The Morgan fingerprint density at radius 3 is 2.95 bits per heavy atom. The summed E-state index contributed by atoms with van der Waals surface area (Å²) in [6.45, 7) is 2.03. The van der Waals surface area contributed by atoms with E-state index >= 15 is 0 Å². The van der Waals surface area contributed by atoms with Crippen LogP contribution < -0.4 is 5.56 Å². The molecule has 0 amide bonds. The van der Waals surface area contributed by atoms with Gasteiger partial charge in [-0.1, -0.05) is 12.1 Å². The molecule has 102 valence electrons. The van der Waals surface area contributed by atoms with Crippen LogP contribution in [0.1, 0.15) is 23.8 Å². The first-order valence-electron chi connectivity index (χ1n) is 6.37. The highest BCUT2D eigenvalue weighted by atomic mass is 32.2. The van der Waals surface area contributed by atoms with E-state index in [-0.39, 0.29) is 10.8 Å². The van der Waals surface area contributed by atoms with Gasteiger partial charge in [-0.3, -0.25) is 4.79 Å². The summed E-state index contributed by atoms with van der Waals surface area (Å²) in [5, 5.41) is 0.719. The van der Waals surface area contributed by atoms with Crippen molar-refractivity contribution in [3.8, 4) is 0 Å². The van der Waals surface area contributed by atoms with E-state index in [1.54, 1.807) is 24.1 Å². The molecule has 0 saturated carbocycles. The number of benzene rings is 1. The van der Waals surface area contributed by atoms with Crippen LogP contribution in [0.2, 0.25) is 0 Å². The number of fused-ring (bicyclic) bond motifs is 1. The Kier molecular flexibility index (Phi) is 3.60. The van der Waals surface area contributed by atoms with Gasteiger partial charge in [0, 0.05) is 0 Å². The zero-order valence-electron chi connectivity index (χ0n) is 11.0. The molecule has 0 radical (unpaired) electrons. The Morgan fingerprint density at radius 1 is 1.30 bits per heavy atom. The van der Waals surface area contributed by atoms with Gasteiger partial charge in [-0.15, -0.1) is 11.8 Å². The Labute approximate surface area is 120 Å². The van der Waals surface area contributed by atoms with Crippen molar-refractivity contribution in [3.05, 3.63) is 64.6 Å². The van der Waals surface area contributed by atoms with E-state index in [4.69, 9.17) is 4.42 Å². The summed E-state index contributed by atoms with van der Waals surface area (Å²) in [6.07, 6.45) is 1.66. The maximum absolute atomic E-state index is 12.0. The lowest BCUT2D eigenvalue weighted by molar-refractivity contribution is 0.530. The van der Waals surface area contributed by atoms with Crippen LogP contribution in [0.5, 0.6) is 0 Å². The van der Waals surface area contributed by atoms with Crippen LogP contribution >= 0.6 is 11.8 Å². The van der Waals surface area contributed by atoms with Crippen molar-refractivity contribution in [2.75, 3.05) is 0 Å². The molecule has 3 rings (SSSR count). The fourth-order valence-electron chi connectivity index (χ4n) is 1.98. The van der Waals surface area contributed by atoms with Gasteiger partial charge in [0.1, 0.15) is 11.6 Å². The van der Waals surface area contributed by atoms with Crippen molar-refractivity contribution in [1.82, 2.24) is 9.97 Å². The Hall–Kier alpha value is -2.01. The summed E-state index contributed by atoms with van der Waals surface area (Å²) >= 11 is 1.68. The number of thioether (sulfide) groups is 1. The lowest BCUT2D eigenvalue weighted by Crippen LogP contribution is -2.12. The van der Waals surface area contributed by atoms with Gasteiger partial charge < -0.3 is 9.40 Å². The van der Waals surface area contributed by atoms with E-state index in [9.17, 15) is 4.79 Å². The number of furan rings is 1. The normalized spacial score (nSPS) is 12.7. The van der Waals surface area contributed by atoms with Gasteiger partial charge in [-0.2, -0.15) is 0 Å². The standard InChI is InChI=1S/C15H14N2O2S/c1-10(20-9-11-5-4-8-19-11)14-16-13-7-3-2-6-12(13)15(18)17-14/h2-8,10H,9H2,1H3,(H,16,17,18)/t10-/m1/s1. The van der Waals surface area contributed by atoms with Gasteiger partial charge in [-0.05, 0) is 31.2 Å². The first-order chi connectivity index (χ1) is 9.74. The molecule has 3 aromatic rings. The van der Waals surface area contributed by atoms with Crippen LogP contribution in [0.3, 0.4) is 0 Å². The van der Waals surface area contributed by atoms with Gasteiger partial charge in [0.2, 0.25) is 0 Å². The molecular formula is C15H14N2O2S. The molecule has 2 aromatic heterocycles. The SMILES string of the molecule is C[C@@H](SCc1ccco1)c1nc2ccccc2c(=O)[nH]1. The third-order valence-electron chi connectivity index (χ3n) is 3.07. The largest absolute Gasteiger partial charge is 0.468 e. The monoisotopic (exact) mass is 286 g/mol. The number of para-hydroxylation sites is 1. The minimum atomic E-state index is -0.0870. The highest BCUT2D eigenvalue weighted by molar-refractivity contribution is 7.98. The first kappa shape index (κ1) is 13.0. The van der Waals surface area contributed by atoms with Gasteiger partial charge in [-0.25, -0.2) is 4.98 Å². The molecule has 5 heteroatoms. The highest BCUT2D eigenvalue weighted by Gasteiger charge is 2.12. The second kappa shape index (κ2) is 5.54. The summed E-state index contributed by atoms with van der Waals surface area (Å²) in [5.74, 6) is 2.38. The smallest absolute Gasteiger partial charge is 0.258 e. The van der Waals surface area contributed by atoms with Crippen molar-refractivity contribution >= 4 is 22.7 Å². The van der Waals surface area contributed by atoms with E-state index in [0.717, 1.165) is 17.0 Å². The summed E-state index contributed by atoms with van der Waals surface area (Å²) < 4.78 is 5.30. The predicted molar refractivity (Wildman–Crippen MR) is 80.8 cm³/mol. The van der Waals surface area contributed by atoms with E-state index in [1.807, 2.05) is 37.3 Å². The molecule has 1 N–H and O–H groups in total. The Morgan fingerprint density at radius 2 is 2.15 bits per heavy atom. The lowest BCUT2D eigenvalue weighted by atomic mass is 10.2. The molecule has 0 aliphatic heterocycles. The maximum atomic E-state index is 12.0. The van der Waals surface area contributed by atoms with E-state index < -0.39 is 0 Å². The number of aromatic nitrogens is 2. The first-order valence-corrected chi connectivity index (χ1v) is 7.42. The van der Waals surface area contributed by atoms with Crippen molar-refractivity contribution in [2.45, 2.75) is 17.9 Å². The number of aromatic amines is 1. The molecule has 4 nitrogen and oxygen atoms in total. The minimum Gasteiger partial charge on any atom is -0.468 e. The molecule has 2 heterocycles. The summed E-state index contributed by atoms with van der Waals surface area (Å²) in [4.78, 5) is 19.4. The van der Waals surface area contributed by atoms with Crippen molar-refractivity contribution in [2.24, 2.45) is 0 Å².